The van der Waals surface area contributed by atoms with Gasteiger partial charge in [-0.25, -0.2) is 0 Å². The molecule has 4 heteroatoms. The fourth-order valence-electron chi connectivity index (χ4n) is 2.99. The molecular weight excluding hydrogens is 268 g/mol. The van der Waals surface area contributed by atoms with Gasteiger partial charge in [-0.05, 0) is 44.4 Å². The van der Waals surface area contributed by atoms with Crippen LogP contribution in [0.15, 0.2) is 18.2 Å². The molecule has 1 saturated carbocycles. The highest BCUT2D eigenvalue weighted by Crippen LogP contribution is 2.40. The van der Waals surface area contributed by atoms with Gasteiger partial charge in [0.25, 0.3) is 0 Å². The zero-order valence-corrected chi connectivity index (χ0v) is 13.0. The van der Waals surface area contributed by atoms with Crippen molar-refractivity contribution in [3.8, 4) is 11.5 Å². The molecule has 0 aliphatic heterocycles. The number of ether oxygens (including phenoxy) is 2. The summed E-state index contributed by atoms with van der Waals surface area (Å²) < 4.78 is 11.1. The predicted octanol–water partition coefficient (Wildman–Crippen LogP) is 3.21. The summed E-state index contributed by atoms with van der Waals surface area (Å²) >= 11 is 0. The van der Waals surface area contributed by atoms with E-state index in [9.17, 15) is 10.2 Å². The van der Waals surface area contributed by atoms with Crippen LogP contribution < -0.4 is 9.47 Å². The SMILES string of the molecule is CCOc1ccc(C(O)C2(O)CCCCC2)cc1OCC. The second kappa shape index (κ2) is 7.14. The molecule has 1 aromatic rings. The van der Waals surface area contributed by atoms with Gasteiger partial charge in [0.15, 0.2) is 11.5 Å². The molecule has 118 valence electrons. The van der Waals surface area contributed by atoms with Crippen molar-refractivity contribution in [2.75, 3.05) is 13.2 Å². The topological polar surface area (TPSA) is 58.9 Å². The number of rotatable bonds is 6. The first-order valence-corrected chi connectivity index (χ1v) is 7.90. The van der Waals surface area contributed by atoms with Crippen molar-refractivity contribution in [1.29, 1.82) is 0 Å². The minimum absolute atomic E-state index is 0.532. The Hall–Kier alpha value is -1.26. The van der Waals surface area contributed by atoms with E-state index in [1.165, 1.54) is 0 Å². The fraction of sp³-hybridized carbons (Fsp3) is 0.647. The predicted molar refractivity (Wildman–Crippen MR) is 81.8 cm³/mol. The summed E-state index contributed by atoms with van der Waals surface area (Å²) in [6.07, 6.45) is 3.46. The van der Waals surface area contributed by atoms with Gasteiger partial charge < -0.3 is 19.7 Å². The van der Waals surface area contributed by atoms with E-state index in [1.54, 1.807) is 12.1 Å². The van der Waals surface area contributed by atoms with Crippen molar-refractivity contribution in [2.24, 2.45) is 0 Å². The van der Waals surface area contributed by atoms with Crippen LogP contribution in [-0.2, 0) is 0 Å². The van der Waals surface area contributed by atoms with E-state index in [0.29, 0.717) is 43.1 Å². The molecule has 4 nitrogen and oxygen atoms in total. The van der Waals surface area contributed by atoms with Crippen molar-refractivity contribution in [2.45, 2.75) is 57.7 Å². The summed E-state index contributed by atoms with van der Waals surface area (Å²) in [4.78, 5) is 0. The maximum absolute atomic E-state index is 10.7. The molecule has 1 fully saturated rings. The first-order valence-electron chi connectivity index (χ1n) is 7.90. The Morgan fingerprint density at radius 3 is 2.29 bits per heavy atom. The normalized spacial score (nSPS) is 19.0. The lowest BCUT2D eigenvalue weighted by molar-refractivity contribution is -0.0992. The fourth-order valence-corrected chi connectivity index (χ4v) is 2.99. The Balaban J connectivity index is 2.24. The first-order chi connectivity index (χ1) is 10.1. The summed E-state index contributed by atoms with van der Waals surface area (Å²) in [5.41, 5.74) is -0.333. The third-order valence-electron chi connectivity index (χ3n) is 4.11. The van der Waals surface area contributed by atoms with Crippen LogP contribution in [0.25, 0.3) is 0 Å². The molecule has 2 rings (SSSR count). The van der Waals surface area contributed by atoms with E-state index in [1.807, 2.05) is 19.9 Å². The first kappa shape index (κ1) is 16.1. The average Bonchev–Trinajstić information content (AvgIpc) is 2.49. The van der Waals surface area contributed by atoms with Crippen LogP contribution in [0.1, 0.15) is 57.6 Å². The molecule has 0 heterocycles. The van der Waals surface area contributed by atoms with Gasteiger partial charge in [0.05, 0.1) is 18.8 Å². The van der Waals surface area contributed by atoms with Crippen LogP contribution in [0.3, 0.4) is 0 Å². The summed E-state index contributed by atoms with van der Waals surface area (Å²) in [6, 6.07) is 5.40. The van der Waals surface area contributed by atoms with Crippen molar-refractivity contribution in [3.05, 3.63) is 23.8 Å². The highest BCUT2D eigenvalue weighted by molar-refractivity contribution is 5.44. The van der Waals surface area contributed by atoms with Gasteiger partial charge in [-0.3, -0.25) is 0 Å². The van der Waals surface area contributed by atoms with Gasteiger partial charge in [0.2, 0.25) is 0 Å². The quantitative estimate of drug-likeness (QED) is 0.846. The molecule has 1 unspecified atom stereocenters. The summed E-state index contributed by atoms with van der Waals surface area (Å²) in [7, 11) is 0. The standard InChI is InChI=1S/C17H26O4/c1-3-20-14-9-8-13(12-15(14)21-4-2)16(18)17(19)10-6-5-7-11-17/h8-9,12,16,18-19H,3-7,10-11H2,1-2H3. The second-order valence-electron chi connectivity index (χ2n) is 5.64. The number of aliphatic hydroxyl groups is 2. The van der Waals surface area contributed by atoms with Gasteiger partial charge in [-0.1, -0.05) is 25.3 Å². The molecule has 2 N–H and O–H groups in total. The Bertz CT molecular complexity index is 452. The van der Waals surface area contributed by atoms with Crippen LogP contribution in [-0.4, -0.2) is 29.0 Å². The summed E-state index contributed by atoms with van der Waals surface area (Å²) in [5, 5.41) is 21.2. The van der Waals surface area contributed by atoms with Crippen LogP contribution in [0.5, 0.6) is 11.5 Å². The smallest absolute Gasteiger partial charge is 0.161 e. The lowest BCUT2D eigenvalue weighted by Gasteiger charge is -2.36. The van der Waals surface area contributed by atoms with Gasteiger partial charge >= 0.3 is 0 Å². The number of aliphatic hydroxyl groups excluding tert-OH is 1. The van der Waals surface area contributed by atoms with E-state index in [4.69, 9.17) is 9.47 Å². The molecule has 0 saturated heterocycles. The van der Waals surface area contributed by atoms with Gasteiger partial charge in [0, 0.05) is 0 Å². The molecule has 1 aliphatic carbocycles. The Kier molecular flexibility index (Phi) is 5.48. The van der Waals surface area contributed by atoms with Crippen LogP contribution in [0.2, 0.25) is 0 Å². The largest absolute Gasteiger partial charge is 0.490 e. The third kappa shape index (κ3) is 3.69. The van der Waals surface area contributed by atoms with Crippen LogP contribution in [0.4, 0.5) is 0 Å². The molecule has 1 aliphatic rings. The van der Waals surface area contributed by atoms with Crippen LogP contribution in [0, 0.1) is 0 Å². The maximum atomic E-state index is 10.7. The zero-order chi connectivity index (χ0) is 15.3. The molecule has 1 atom stereocenters. The van der Waals surface area contributed by atoms with Crippen molar-refractivity contribution >= 4 is 0 Å². The van der Waals surface area contributed by atoms with Gasteiger partial charge in [-0.2, -0.15) is 0 Å². The third-order valence-corrected chi connectivity index (χ3v) is 4.11. The molecule has 0 amide bonds. The van der Waals surface area contributed by atoms with Crippen molar-refractivity contribution in [1.82, 2.24) is 0 Å². The maximum Gasteiger partial charge on any atom is 0.161 e. The van der Waals surface area contributed by atoms with E-state index in [2.05, 4.69) is 0 Å². The van der Waals surface area contributed by atoms with Gasteiger partial charge in [0.1, 0.15) is 6.10 Å². The minimum Gasteiger partial charge on any atom is -0.490 e. The molecule has 0 bridgehead atoms. The molecule has 0 spiro atoms. The monoisotopic (exact) mass is 294 g/mol. The van der Waals surface area contributed by atoms with E-state index < -0.39 is 11.7 Å². The lowest BCUT2D eigenvalue weighted by atomic mass is 9.78. The average molecular weight is 294 g/mol. The van der Waals surface area contributed by atoms with E-state index >= 15 is 0 Å². The zero-order valence-electron chi connectivity index (χ0n) is 13.0. The second-order valence-corrected chi connectivity index (χ2v) is 5.64. The molecular formula is C17H26O4. The Morgan fingerprint density at radius 1 is 1.05 bits per heavy atom. The Morgan fingerprint density at radius 2 is 1.67 bits per heavy atom. The van der Waals surface area contributed by atoms with Gasteiger partial charge in [-0.15, -0.1) is 0 Å². The highest BCUT2D eigenvalue weighted by Gasteiger charge is 2.37. The Labute approximate surface area is 126 Å². The van der Waals surface area contributed by atoms with E-state index in [0.717, 1.165) is 19.3 Å². The number of hydrogen-bond acceptors (Lipinski definition) is 4. The lowest BCUT2D eigenvalue weighted by Crippen LogP contribution is -2.38. The molecule has 21 heavy (non-hydrogen) atoms. The molecule has 0 radical (unpaired) electrons. The van der Waals surface area contributed by atoms with Crippen molar-refractivity contribution in [3.63, 3.8) is 0 Å². The van der Waals surface area contributed by atoms with Crippen molar-refractivity contribution < 1.29 is 19.7 Å². The number of benzene rings is 1. The van der Waals surface area contributed by atoms with E-state index in [-0.39, 0.29) is 0 Å². The minimum atomic E-state index is -1.02. The number of hydrogen-bond donors (Lipinski definition) is 2. The molecule has 0 aromatic heterocycles. The van der Waals surface area contributed by atoms with Crippen LogP contribution >= 0.6 is 0 Å². The summed E-state index contributed by atoms with van der Waals surface area (Å²) in [6.45, 7) is 4.92. The summed E-state index contributed by atoms with van der Waals surface area (Å²) in [5.74, 6) is 1.29. The highest BCUT2D eigenvalue weighted by atomic mass is 16.5. The molecule has 1 aromatic carbocycles.